The van der Waals surface area contributed by atoms with Crippen LogP contribution in [0.25, 0.3) is 0 Å². The molecule has 3 aromatic rings. The van der Waals surface area contributed by atoms with Gasteiger partial charge in [0.2, 0.25) is 11.9 Å². The molecular formula is C25H34N6. The average molecular weight is 419 g/mol. The van der Waals surface area contributed by atoms with Crippen LogP contribution in [0.4, 0.5) is 11.9 Å². The van der Waals surface area contributed by atoms with E-state index in [-0.39, 0.29) is 6.04 Å². The summed E-state index contributed by atoms with van der Waals surface area (Å²) in [5.74, 6) is 2.09. The predicted molar refractivity (Wildman–Crippen MR) is 128 cm³/mol. The van der Waals surface area contributed by atoms with Crippen molar-refractivity contribution in [1.82, 2.24) is 19.9 Å². The fraction of sp³-hybridized carbons (Fsp3) is 0.400. The molecule has 0 spiro atoms. The highest BCUT2D eigenvalue weighted by Gasteiger charge is 2.15. The van der Waals surface area contributed by atoms with E-state index in [4.69, 9.17) is 4.98 Å². The first-order valence-corrected chi connectivity index (χ1v) is 11.0. The molecule has 1 atom stereocenters. The Kier molecular flexibility index (Phi) is 8.35. The second-order valence-electron chi connectivity index (χ2n) is 8.29. The van der Waals surface area contributed by atoms with Crippen molar-refractivity contribution in [2.45, 2.75) is 39.3 Å². The average Bonchev–Trinajstić information content (AvgIpc) is 2.76. The van der Waals surface area contributed by atoms with Gasteiger partial charge in [0.15, 0.2) is 0 Å². The Hall–Kier alpha value is -2.99. The molecule has 2 aromatic carbocycles. The second-order valence-corrected chi connectivity index (χ2v) is 8.29. The lowest BCUT2D eigenvalue weighted by Gasteiger charge is -2.25. The molecule has 1 N–H and O–H groups in total. The lowest BCUT2D eigenvalue weighted by Crippen LogP contribution is -2.33. The van der Waals surface area contributed by atoms with Crippen LogP contribution in [0, 0.1) is 6.92 Å². The van der Waals surface area contributed by atoms with Crippen molar-refractivity contribution >= 4 is 11.9 Å². The Labute approximate surface area is 186 Å². The van der Waals surface area contributed by atoms with Crippen LogP contribution in [0.3, 0.4) is 0 Å². The van der Waals surface area contributed by atoms with Crippen LogP contribution in [-0.2, 0) is 13.0 Å². The van der Waals surface area contributed by atoms with Gasteiger partial charge in [-0.2, -0.15) is 15.0 Å². The first-order valence-electron chi connectivity index (χ1n) is 11.0. The lowest BCUT2D eigenvalue weighted by atomic mass is 10.1. The van der Waals surface area contributed by atoms with Crippen LogP contribution >= 0.6 is 0 Å². The molecule has 0 fully saturated rings. The minimum atomic E-state index is 0.263. The van der Waals surface area contributed by atoms with Crippen LogP contribution in [-0.4, -0.2) is 53.1 Å². The standard InChI is InChI=1S/C25H34N6/c1-20(15-16-22-11-7-5-8-12-22)26-24-27-21(2)28-25(29-24)31(18-17-30(3)4)19-23-13-9-6-10-14-23/h5-14,20H,15-19H2,1-4H3,(H,26,27,28,29). The van der Waals surface area contributed by atoms with Gasteiger partial charge in [-0.3, -0.25) is 0 Å². The molecule has 0 saturated heterocycles. The number of rotatable bonds is 11. The highest BCUT2D eigenvalue weighted by molar-refractivity contribution is 5.39. The van der Waals surface area contributed by atoms with E-state index in [2.05, 4.69) is 101 Å². The molecule has 1 heterocycles. The quantitative estimate of drug-likeness (QED) is 0.504. The Morgan fingerprint density at radius 2 is 1.48 bits per heavy atom. The zero-order valence-corrected chi connectivity index (χ0v) is 19.1. The van der Waals surface area contributed by atoms with Gasteiger partial charge in [-0.1, -0.05) is 60.7 Å². The molecule has 6 nitrogen and oxygen atoms in total. The third-order valence-corrected chi connectivity index (χ3v) is 5.14. The van der Waals surface area contributed by atoms with Gasteiger partial charge in [0.25, 0.3) is 0 Å². The smallest absolute Gasteiger partial charge is 0.230 e. The lowest BCUT2D eigenvalue weighted by molar-refractivity contribution is 0.411. The Morgan fingerprint density at radius 1 is 0.839 bits per heavy atom. The first kappa shape index (κ1) is 22.7. The summed E-state index contributed by atoms with van der Waals surface area (Å²) in [6, 6.07) is 21.3. The molecule has 164 valence electrons. The van der Waals surface area contributed by atoms with Gasteiger partial charge in [0.05, 0.1) is 0 Å². The highest BCUT2D eigenvalue weighted by Crippen LogP contribution is 2.16. The minimum Gasteiger partial charge on any atom is -0.352 e. The van der Waals surface area contributed by atoms with E-state index >= 15 is 0 Å². The van der Waals surface area contributed by atoms with Crippen LogP contribution in [0.2, 0.25) is 0 Å². The zero-order chi connectivity index (χ0) is 22.1. The number of hydrogen-bond acceptors (Lipinski definition) is 6. The Morgan fingerprint density at radius 3 is 2.13 bits per heavy atom. The van der Waals surface area contributed by atoms with Gasteiger partial charge in [0, 0.05) is 25.7 Å². The molecular weight excluding hydrogens is 384 g/mol. The van der Waals surface area contributed by atoms with Crippen molar-refractivity contribution in [3.63, 3.8) is 0 Å². The summed E-state index contributed by atoms with van der Waals surface area (Å²) in [6.07, 6.45) is 2.04. The van der Waals surface area contributed by atoms with E-state index in [1.807, 2.05) is 13.0 Å². The molecule has 0 amide bonds. The summed E-state index contributed by atoms with van der Waals surface area (Å²) in [7, 11) is 4.17. The largest absolute Gasteiger partial charge is 0.352 e. The molecule has 0 aliphatic carbocycles. The Balaban J connectivity index is 1.71. The normalized spacial score (nSPS) is 12.0. The van der Waals surface area contributed by atoms with Crippen LogP contribution in [0.15, 0.2) is 60.7 Å². The topological polar surface area (TPSA) is 57.2 Å². The number of nitrogens with zero attached hydrogens (tertiary/aromatic N) is 5. The van der Waals surface area contributed by atoms with Crippen molar-refractivity contribution in [1.29, 1.82) is 0 Å². The van der Waals surface area contributed by atoms with Gasteiger partial charge < -0.3 is 15.1 Å². The van der Waals surface area contributed by atoms with E-state index in [9.17, 15) is 0 Å². The van der Waals surface area contributed by atoms with Crippen molar-refractivity contribution in [2.24, 2.45) is 0 Å². The summed E-state index contributed by atoms with van der Waals surface area (Å²) < 4.78 is 0. The summed E-state index contributed by atoms with van der Waals surface area (Å²) in [5, 5.41) is 3.48. The number of anilines is 2. The summed E-state index contributed by atoms with van der Waals surface area (Å²) >= 11 is 0. The van der Waals surface area contributed by atoms with Crippen molar-refractivity contribution < 1.29 is 0 Å². The van der Waals surface area contributed by atoms with Gasteiger partial charge in [-0.25, -0.2) is 0 Å². The summed E-state index contributed by atoms with van der Waals surface area (Å²) in [4.78, 5) is 18.4. The third kappa shape index (κ3) is 7.64. The fourth-order valence-electron chi connectivity index (χ4n) is 3.37. The van der Waals surface area contributed by atoms with Gasteiger partial charge >= 0.3 is 0 Å². The predicted octanol–water partition coefficient (Wildman–Crippen LogP) is 4.18. The van der Waals surface area contributed by atoms with E-state index in [0.29, 0.717) is 5.95 Å². The van der Waals surface area contributed by atoms with E-state index in [0.717, 1.165) is 44.2 Å². The molecule has 6 heteroatoms. The van der Waals surface area contributed by atoms with Crippen LogP contribution < -0.4 is 10.2 Å². The van der Waals surface area contributed by atoms with Crippen molar-refractivity contribution in [3.05, 3.63) is 77.6 Å². The molecule has 1 unspecified atom stereocenters. The van der Waals surface area contributed by atoms with Crippen LogP contribution in [0.5, 0.6) is 0 Å². The fourth-order valence-corrected chi connectivity index (χ4v) is 3.37. The first-order chi connectivity index (χ1) is 15.0. The zero-order valence-electron chi connectivity index (χ0n) is 19.1. The Bertz CT molecular complexity index is 914. The SMILES string of the molecule is Cc1nc(NC(C)CCc2ccccc2)nc(N(CCN(C)C)Cc2ccccc2)n1. The molecule has 31 heavy (non-hydrogen) atoms. The maximum atomic E-state index is 4.78. The van der Waals surface area contributed by atoms with Crippen molar-refractivity contribution in [3.8, 4) is 0 Å². The monoisotopic (exact) mass is 418 g/mol. The van der Waals surface area contributed by atoms with Gasteiger partial charge in [0.1, 0.15) is 5.82 Å². The maximum Gasteiger partial charge on any atom is 0.230 e. The number of nitrogens with one attached hydrogen (secondary N) is 1. The van der Waals surface area contributed by atoms with E-state index < -0.39 is 0 Å². The number of likely N-dealkylation sites (N-methyl/N-ethyl adjacent to an activating group) is 1. The van der Waals surface area contributed by atoms with Crippen LogP contribution in [0.1, 0.15) is 30.3 Å². The number of benzene rings is 2. The molecule has 0 aliphatic rings. The van der Waals surface area contributed by atoms with Gasteiger partial charge in [-0.05, 0) is 51.9 Å². The minimum absolute atomic E-state index is 0.263. The molecule has 0 saturated carbocycles. The molecule has 0 radical (unpaired) electrons. The maximum absolute atomic E-state index is 4.78. The van der Waals surface area contributed by atoms with Gasteiger partial charge in [-0.15, -0.1) is 0 Å². The third-order valence-electron chi connectivity index (χ3n) is 5.14. The molecule has 3 rings (SSSR count). The van der Waals surface area contributed by atoms with E-state index in [1.54, 1.807) is 0 Å². The molecule has 0 aliphatic heterocycles. The number of aryl methyl sites for hydroxylation is 2. The molecule has 0 bridgehead atoms. The second kappa shape index (κ2) is 11.4. The number of hydrogen-bond donors (Lipinski definition) is 1. The van der Waals surface area contributed by atoms with E-state index in [1.165, 1.54) is 11.1 Å². The highest BCUT2D eigenvalue weighted by atomic mass is 15.3. The summed E-state index contributed by atoms with van der Waals surface area (Å²) in [6.45, 7) is 6.64. The summed E-state index contributed by atoms with van der Waals surface area (Å²) in [5.41, 5.74) is 2.59. The molecule has 1 aromatic heterocycles. The van der Waals surface area contributed by atoms with Crippen molar-refractivity contribution in [2.75, 3.05) is 37.4 Å². The number of aromatic nitrogens is 3.